The maximum atomic E-state index is 8.36. The normalized spacial score (nSPS) is 17.8. The number of aryl methyl sites for hydroxylation is 3. The number of nitrogens with zero attached hydrogens (tertiary/aromatic N) is 7. The molecule has 49 heavy (non-hydrogen) atoms. The van der Waals surface area contributed by atoms with Crippen LogP contribution in [-0.4, -0.2) is 94.5 Å². The van der Waals surface area contributed by atoms with Gasteiger partial charge >= 0.3 is 0 Å². The third-order valence-corrected chi connectivity index (χ3v) is 9.05. The fourth-order valence-corrected chi connectivity index (χ4v) is 6.46. The van der Waals surface area contributed by atoms with Crippen LogP contribution in [0.5, 0.6) is 5.88 Å². The van der Waals surface area contributed by atoms with Crippen LogP contribution in [0.15, 0.2) is 47.1 Å². The zero-order valence-corrected chi connectivity index (χ0v) is 28.5. The standard InChI is InChI=1S/C20H24N4O3.C15H15N3O.CH2O2/c1-14-17(11-23(3)22-14)6-5-16-9-18(19(25-4)21-10-16)24-7-8-27-20(15(24)2)12-26-13-20;1-10-16-13-11-6-2-3-7-12(11)19-14(13)15(17-10)18-8-4-5-9-18;2-1-3/h9-11,15H,7-8,12-13H2,1-4H3;2-3,6-7H,4-5,8-9H2,1H3;1H,(H,2,3). The van der Waals surface area contributed by atoms with Crippen LogP contribution in [0.4, 0.5) is 11.5 Å². The summed E-state index contributed by atoms with van der Waals surface area (Å²) in [4.78, 5) is 26.6. The summed E-state index contributed by atoms with van der Waals surface area (Å²) in [7, 11) is 3.54. The largest absolute Gasteiger partial charge is 0.483 e. The lowest BCUT2D eigenvalue weighted by Gasteiger charge is -2.53. The van der Waals surface area contributed by atoms with Crippen LogP contribution in [0, 0.1) is 25.7 Å². The molecule has 0 radical (unpaired) electrons. The predicted molar refractivity (Wildman–Crippen MR) is 185 cm³/mol. The third kappa shape index (κ3) is 6.88. The summed E-state index contributed by atoms with van der Waals surface area (Å²) in [5, 5.41) is 12.3. The Morgan fingerprint density at radius 2 is 1.86 bits per heavy atom. The van der Waals surface area contributed by atoms with Crippen LogP contribution >= 0.6 is 0 Å². The van der Waals surface area contributed by atoms with Gasteiger partial charge in [0, 0.05) is 50.0 Å². The minimum atomic E-state index is -0.250. The van der Waals surface area contributed by atoms with E-state index in [0.717, 1.165) is 75.9 Å². The lowest BCUT2D eigenvalue weighted by atomic mass is 9.90. The SMILES string of the molecule is COc1ncc(C#Cc2cn(C)nc2C)cc1N1CCOC2(COC2)C1C.Cc1nc(N2CCCC2)c2oc3ccccc3c2n1.O=CO. The number of furan rings is 1. The molecule has 13 heteroatoms. The summed E-state index contributed by atoms with van der Waals surface area (Å²) in [6.45, 7) is 10.6. The zero-order valence-electron chi connectivity index (χ0n) is 28.5. The topological polar surface area (TPSA) is 141 Å². The Balaban J connectivity index is 0.000000165. The number of para-hydroxylation sites is 1. The maximum Gasteiger partial charge on any atom is 0.290 e. The van der Waals surface area contributed by atoms with Crippen molar-refractivity contribution in [3.63, 3.8) is 0 Å². The molecule has 1 aromatic carbocycles. The molecule has 1 atom stereocenters. The van der Waals surface area contributed by atoms with Crippen LogP contribution in [0.25, 0.3) is 22.1 Å². The second-order valence-corrected chi connectivity index (χ2v) is 12.2. The van der Waals surface area contributed by atoms with E-state index >= 15 is 0 Å². The molecule has 1 unspecified atom stereocenters. The molecule has 0 amide bonds. The van der Waals surface area contributed by atoms with Crippen molar-refractivity contribution in [2.24, 2.45) is 7.05 Å². The quantitative estimate of drug-likeness (QED) is 0.214. The summed E-state index contributed by atoms with van der Waals surface area (Å²) in [5.74, 6) is 8.76. The highest BCUT2D eigenvalue weighted by atomic mass is 16.6. The minimum absolute atomic E-state index is 0.166. The molecule has 3 aliphatic rings. The number of morpholine rings is 1. The Morgan fingerprint density at radius 1 is 1.10 bits per heavy atom. The van der Waals surface area contributed by atoms with Crippen molar-refractivity contribution in [3.05, 3.63) is 65.4 Å². The number of aromatic nitrogens is 5. The van der Waals surface area contributed by atoms with Crippen LogP contribution in [0.1, 0.15) is 42.4 Å². The Labute approximate surface area is 284 Å². The summed E-state index contributed by atoms with van der Waals surface area (Å²) in [6.07, 6.45) is 6.12. The third-order valence-electron chi connectivity index (χ3n) is 9.05. The van der Waals surface area contributed by atoms with Crippen molar-refractivity contribution in [1.29, 1.82) is 0 Å². The molecule has 256 valence electrons. The van der Waals surface area contributed by atoms with Crippen LogP contribution in [0.3, 0.4) is 0 Å². The number of anilines is 2. The summed E-state index contributed by atoms with van der Waals surface area (Å²) < 4.78 is 24.7. The fraction of sp³-hybridized carbons (Fsp3) is 0.417. The summed E-state index contributed by atoms with van der Waals surface area (Å²) >= 11 is 0. The highest BCUT2D eigenvalue weighted by Crippen LogP contribution is 2.38. The number of rotatable bonds is 3. The van der Waals surface area contributed by atoms with Crippen molar-refractivity contribution in [2.75, 3.05) is 56.4 Å². The fourth-order valence-electron chi connectivity index (χ4n) is 6.46. The van der Waals surface area contributed by atoms with E-state index in [0.29, 0.717) is 25.7 Å². The molecule has 0 aliphatic carbocycles. The number of fused-ring (bicyclic) bond motifs is 3. The molecule has 3 saturated heterocycles. The van der Waals surface area contributed by atoms with Gasteiger partial charge in [-0.2, -0.15) is 5.10 Å². The molecule has 13 nitrogen and oxygen atoms in total. The van der Waals surface area contributed by atoms with Gasteiger partial charge in [0.25, 0.3) is 6.47 Å². The van der Waals surface area contributed by atoms with Crippen molar-refractivity contribution in [1.82, 2.24) is 24.7 Å². The number of hydrogen-bond acceptors (Lipinski definition) is 11. The lowest BCUT2D eigenvalue weighted by Crippen LogP contribution is -2.68. The first-order valence-electron chi connectivity index (χ1n) is 16.3. The van der Waals surface area contributed by atoms with Gasteiger partial charge < -0.3 is 33.5 Å². The van der Waals surface area contributed by atoms with Gasteiger partial charge in [-0.15, -0.1) is 0 Å². The number of pyridine rings is 1. The highest BCUT2D eigenvalue weighted by Gasteiger charge is 2.50. The second kappa shape index (κ2) is 14.5. The van der Waals surface area contributed by atoms with Gasteiger partial charge in [0.15, 0.2) is 11.4 Å². The van der Waals surface area contributed by atoms with Gasteiger partial charge in [-0.25, -0.2) is 15.0 Å². The van der Waals surface area contributed by atoms with Gasteiger partial charge in [0.05, 0.1) is 44.2 Å². The second-order valence-electron chi connectivity index (χ2n) is 12.2. The van der Waals surface area contributed by atoms with E-state index in [4.69, 9.17) is 28.5 Å². The minimum Gasteiger partial charge on any atom is -0.483 e. The van der Waals surface area contributed by atoms with Crippen molar-refractivity contribution < 1.29 is 28.5 Å². The maximum absolute atomic E-state index is 8.36. The Hall–Kier alpha value is -5.19. The van der Waals surface area contributed by atoms with E-state index in [9.17, 15) is 0 Å². The number of ether oxygens (including phenoxy) is 3. The van der Waals surface area contributed by atoms with Gasteiger partial charge in [0.2, 0.25) is 5.88 Å². The average Bonchev–Trinajstić information content (AvgIpc) is 3.82. The number of carboxylic acid groups (broad SMARTS) is 1. The number of hydrogen-bond donors (Lipinski definition) is 1. The van der Waals surface area contributed by atoms with Crippen LogP contribution in [-0.2, 0) is 21.3 Å². The van der Waals surface area contributed by atoms with E-state index in [2.05, 4.69) is 54.7 Å². The summed E-state index contributed by atoms with van der Waals surface area (Å²) in [6, 6.07) is 10.3. The van der Waals surface area contributed by atoms with Gasteiger partial charge in [-0.05, 0) is 51.8 Å². The molecule has 8 rings (SSSR count). The van der Waals surface area contributed by atoms with Crippen LogP contribution in [0.2, 0.25) is 0 Å². The smallest absolute Gasteiger partial charge is 0.290 e. The molecular formula is C36H41N7O6. The van der Waals surface area contributed by atoms with E-state index in [1.165, 1.54) is 12.8 Å². The van der Waals surface area contributed by atoms with E-state index < -0.39 is 0 Å². The number of benzene rings is 1. The molecule has 3 aliphatic heterocycles. The Morgan fingerprint density at radius 3 is 2.53 bits per heavy atom. The van der Waals surface area contributed by atoms with E-state index in [-0.39, 0.29) is 18.1 Å². The average molecular weight is 668 g/mol. The van der Waals surface area contributed by atoms with Gasteiger partial charge in [-0.3, -0.25) is 9.48 Å². The van der Waals surface area contributed by atoms with Crippen LogP contribution < -0.4 is 14.5 Å². The van der Waals surface area contributed by atoms with Gasteiger partial charge in [-0.1, -0.05) is 24.0 Å². The zero-order chi connectivity index (χ0) is 34.5. The molecule has 0 bridgehead atoms. The lowest BCUT2D eigenvalue weighted by molar-refractivity contribution is -0.228. The molecule has 3 fully saturated rings. The molecule has 1 N–H and O–H groups in total. The first kappa shape index (κ1) is 33.7. The van der Waals surface area contributed by atoms with Crippen molar-refractivity contribution in [3.8, 4) is 17.7 Å². The molecule has 0 saturated carbocycles. The van der Waals surface area contributed by atoms with E-state index in [1.807, 2.05) is 51.4 Å². The summed E-state index contributed by atoms with van der Waals surface area (Å²) in [5.41, 5.74) is 6.02. The monoisotopic (exact) mass is 667 g/mol. The number of carbonyl (C=O) groups is 1. The first-order chi connectivity index (χ1) is 23.8. The van der Waals surface area contributed by atoms with Gasteiger partial charge in [0.1, 0.15) is 28.2 Å². The molecular weight excluding hydrogens is 626 g/mol. The Bertz CT molecular complexity index is 2000. The first-order valence-corrected chi connectivity index (χ1v) is 16.3. The molecule has 1 spiro atoms. The van der Waals surface area contributed by atoms with Crippen molar-refractivity contribution >= 4 is 40.0 Å². The Kier molecular flexibility index (Phi) is 9.98. The molecule has 4 aromatic heterocycles. The van der Waals surface area contributed by atoms with Crippen molar-refractivity contribution in [2.45, 2.75) is 45.3 Å². The number of methoxy groups -OCH3 is 1. The predicted octanol–water partition coefficient (Wildman–Crippen LogP) is 4.51. The molecule has 5 aromatic rings. The highest BCUT2D eigenvalue weighted by molar-refractivity contribution is 6.05. The van der Waals surface area contributed by atoms with E-state index in [1.54, 1.807) is 18.0 Å². The molecule has 7 heterocycles.